The minimum absolute atomic E-state index is 0.0961. The fraction of sp³-hybridized carbons (Fsp3) is 0.125. The highest BCUT2D eigenvalue weighted by atomic mass is 16.1. The van der Waals surface area contributed by atoms with Crippen molar-refractivity contribution in [1.29, 1.82) is 0 Å². The van der Waals surface area contributed by atoms with E-state index in [0.29, 0.717) is 24.2 Å². The summed E-state index contributed by atoms with van der Waals surface area (Å²) >= 11 is 0. The Morgan fingerprint density at radius 3 is 2.84 bits per heavy atom. The summed E-state index contributed by atoms with van der Waals surface area (Å²) < 4.78 is 1.77. The minimum Gasteiger partial charge on any atom is -0.352 e. The standard InChI is InChI=1S/C24H20N6O/c1-2-25-24(31)19-6-3-5-18(15-19)21-10-11-22-27-28-23(30(22)29-21)14-16-8-9-20-17(13-16)7-4-12-26-20/h3-13,15H,2,14H2,1H3,(H,25,31). The van der Waals surface area contributed by atoms with Crippen LogP contribution in [0.15, 0.2) is 72.9 Å². The van der Waals surface area contributed by atoms with E-state index in [2.05, 4.69) is 32.6 Å². The van der Waals surface area contributed by atoms with Gasteiger partial charge in [0.1, 0.15) is 0 Å². The lowest BCUT2D eigenvalue weighted by Gasteiger charge is -2.07. The Morgan fingerprint density at radius 2 is 1.94 bits per heavy atom. The summed E-state index contributed by atoms with van der Waals surface area (Å²) in [6, 6.07) is 21.4. The molecule has 1 N–H and O–H groups in total. The molecule has 0 saturated carbocycles. The van der Waals surface area contributed by atoms with Crippen LogP contribution in [-0.4, -0.2) is 37.2 Å². The second kappa shape index (κ2) is 7.95. The zero-order valence-corrected chi connectivity index (χ0v) is 17.0. The molecule has 7 nitrogen and oxygen atoms in total. The van der Waals surface area contributed by atoms with Gasteiger partial charge in [0.25, 0.3) is 5.91 Å². The Bertz CT molecular complexity index is 1410. The second-order valence-corrected chi connectivity index (χ2v) is 7.25. The van der Waals surface area contributed by atoms with Crippen LogP contribution >= 0.6 is 0 Å². The maximum atomic E-state index is 12.2. The molecule has 0 atom stereocenters. The van der Waals surface area contributed by atoms with Gasteiger partial charge in [-0.05, 0) is 55.0 Å². The maximum Gasteiger partial charge on any atom is 0.251 e. The third-order valence-electron chi connectivity index (χ3n) is 5.11. The van der Waals surface area contributed by atoms with Crippen molar-refractivity contribution >= 4 is 22.5 Å². The quantitative estimate of drug-likeness (QED) is 0.480. The Hall–Kier alpha value is -4.13. The van der Waals surface area contributed by atoms with E-state index in [4.69, 9.17) is 5.10 Å². The van der Waals surface area contributed by atoms with E-state index in [1.165, 1.54) is 0 Å². The highest BCUT2D eigenvalue weighted by Crippen LogP contribution is 2.20. The molecule has 0 radical (unpaired) electrons. The van der Waals surface area contributed by atoms with Gasteiger partial charge in [-0.2, -0.15) is 9.61 Å². The molecule has 0 saturated heterocycles. The van der Waals surface area contributed by atoms with Crippen molar-refractivity contribution in [2.24, 2.45) is 0 Å². The third kappa shape index (κ3) is 3.73. The molecule has 0 fully saturated rings. The zero-order valence-electron chi connectivity index (χ0n) is 17.0. The molecule has 5 aromatic rings. The molecule has 0 bridgehead atoms. The van der Waals surface area contributed by atoms with Crippen molar-refractivity contribution in [2.45, 2.75) is 13.3 Å². The summed E-state index contributed by atoms with van der Waals surface area (Å²) in [5.74, 6) is 0.654. The normalized spacial score (nSPS) is 11.1. The first-order valence-electron chi connectivity index (χ1n) is 10.1. The number of rotatable bonds is 5. The molecule has 5 rings (SSSR count). The highest BCUT2D eigenvalue weighted by Gasteiger charge is 2.12. The number of carbonyl (C=O) groups excluding carboxylic acids is 1. The van der Waals surface area contributed by atoms with E-state index < -0.39 is 0 Å². The van der Waals surface area contributed by atoms with Gasteiger partial charge in [0.05, 0.1) is 11.2 Å². The summed E-state index contributed by atoms with van der Waals surface area (Å²) in [5.41, 5.74) is 4.98. The number of hydrogen-bond acceptors (Lipinski definition) is 5. The fourth-order valence-corrected chi connectivity index (χ4v) is 3.60. The van der Waals surface area contributed by atoms with Crippen molar-refractivity contribution in [3.8, 4) is 11.3 Å². The van der Waals surface area contributed by atoms with E-state index in [9.17, 15) is 4.79 Å². The average Bonchev–Trinajstić information content (AvgIpc) is 3.21. The van der Waals surface area contributed by atoms with Crippen LogP contribution in [0.25, 0.3) is 27.8 Å². The average molecular weight is 408 g/mol. The Morgan fingerprint density at radius 1 is 1.00 bits per heavy atom. The SMILES string of the molecule is CCNC(=O)c1cccc(-c2ccc3nnc(Cc4ccc5ncccc5c4)n3n2)c1. The van der Waals surface area contributed by atoms with Crippen molar-refractivity contribution < 1.29 is 4.79 Å². The summed E-state index contributed by atoms with van der Waals surface area (Å²) in [6.45, 7) is 2.49. The number of nitrogens with zero attached hydrogens (tertiary/aromatic N) is 5. The van der Waals surface area contributed by atoms with Crippen LogP contribution in [0.4, 0.5) is 0 Å². The van der Waals surface area contributed by atoms with Crippen molar-refractivity contribution in [3.05, 3.63) is 89.9 Å². The lowest BCUT2D eigenvalue weighted by atomic mass is 10.1. The molecule has 31 heavy (non-hydrogen) atoms. The molecule has 0 aliphatic heterocycles. The van der Waals surface area contributed by atoms with Crippen LogP contribution in [0, 0.1) is 0 Å². The molecule has 152 valence electrons. The Kier molecular flexibility index (Phi) is 4.84. The lowest BCUT2D eigenvalue weighted by Crippen LogP contribution is -2.22. The molecule has 0 unspecified atom stereocenters. The van der Waals surface area contributed by atoms with E-state index in [0.717, 1.165) is 33.5 Å². The zero-order chi connectivity index (χ0) is 21.2. The van der Waals surface area contributed by atoms with Crippen LogP contribution in [0.5, 0.6) is 0 Å². The first kappa shape index (κ1) is 18.9. The predicted molar refractivity (Wildman–Crippen MR) is 119 cm³/mol. The van der Waals surface area contributed by atoms with Crippen molar-refractivity contribution in [2.75, 3.05) is 6.54 Å². The molecule has 0 aliphatic rings. The van der Waals surface area contributed by atoms with Gasteiger partial charge in [-0.1, -0.05) is 24.3 Å². The number of hydrogen-bond donors (Lipinski definition) is 1. The maximum absolute atomic E-state index is 12.2. The highest BCUT2D eigenvalue weighted by molar-refractivity contribution is 5.95. The van der Waals surface area contributed by atoms with Gasteiger partial charge in [0, 0.05) is 35.7 Å². The van der Waals surface area contributed by atoms with Gasteiger partial charge < -0.3 is 5.32 Å². The summed E-state index contributed by atoms with van der Waals surface area (Å²) in [4.78, 5) is 16.6. The first-order chi connectivity index (χ1) is 15.2. The van der Waals surface area contributed by atoms with E-state index in [1.54, 1.807) is 16.8 Å². The molecule has 3 heterocycles. The largest absolute Gasteiger partial charge is 0.352 e. The monoisotopic (exact) mass is 408 g/mol. The number of aromatic nitrogens is 5. The van der Waals surface area contributed by atoms with Crippen LogP contribution in [0.3, 0.4) is 0 Å². The van der Waals surface area contributed by atoms with Gasteiger partial charge in [-0.25, -0.2) is 0 Å². The van der Waals surface area contributed by atoms with Crippen LogP contribution < -0.4 is 5.32 Å². The fourth-order valence-electron chi connectivity index (χ4n) is 3.60. The van der Waals surface area contributed by atoms with Gasteiger partial charge >= 0.3 is 0 Å². The minimum atomic E-state index is -0.0961. The molecular weight excluding hydrogens is 388 g/mol. The summed E-state index contributed by atoms with van der Waals surface area (Å²) in [7, 11) is 0. The third-order valence-corrected chi connectivity index (χ3v) is 5.11. The Balaban J connectivity index is 1.50. The van der Waals surface area contributed by atoms with E-state index >= 15 is 0 Å². The number of nitrogens with one attached hydrogen (secondary N) is 1. The van der Waals surface area contributed by atoms with Crippen LogP contribution in [0.2, 0.25) is 0 Å². The van der Waals surface area contributed by atoms with Gasteiger partial charge in [0.15, 0.2) is 11.5 Å². The van der Waals surface area contributed by atoms with E-state index in [1.807, 2.05) is 55.5 Å². The molecular formula is C24H20N6O. The molecule has 0 spiro atoms. The van der Waals surface area contributed by atoms with Gasteiger partial charge in [-0.3, -0.25) is 9.78 Å². The van der Waals surface area contributed by atoms with Crippen LogP contribution in [0.1, 0.15) is 28.7 Å². The van der Waals surface area contributed by atoms with E-state index in [-0.39, 0.29) is 5.91 Å². The molecule has 2 aromatic carbocycles. The topological polar surface area (TPSA) is 85.1 Å². The predicted octanol–water partition coefficient (Wildman–Crippen LogP) is 3.68. The first-order valence-corrected chi connectivity index (χ1v) is 10.1. The van der Waals surface area contributed by atoms with Crippen LogP contribution in [-0.2, 0) is 6.42 Å². The number of amides is 1. The summed E-state index contributed by atoms with van der Waals surface area (Å²) in [6.07, 6.45) is 2.39. The van der Waals surface area contributed by atoms with Crippen molar-refractivity contribution in [3.63, 3.8) is 0 Å². The molecule has 3 aromatic heterocycles. The number of pyridine rings is 1. The summed E-state index contributed by atoms with van der Waals surface area (Å²) in [5, 5.41) is 17.3. The van der Waals surface area contributed by atoms with Crippen molar-refractivity contribution in [1.82, 2.24) is 30.1 Å². The smallest absolute Gasteiger partial charge is 0.251 e. The number of fused-ring (bicyclic) bond motifs is 2. The van der Waals surface area contributed by atoms with Gasteiger partial charge in [0.2, 0.25) is 0 Å². The van der Waals surface area contributed by atoms with Gasteiger partial charge in [-0.15, -0.1) is 10.2 Å². The molecule has 0 aliphatic carbocycles. The number of benzene rings is 2. The lowest BCUT2D eigenvalue weighted by molar-refractivity contribution is 0.0956. The Labute approximate surface area is 178 Å². The second-order valence-electron chi connectivity index (χ2n) is 7.25. The number of carbonyl (C=O) groups is 1. The molecule has 1 amide bonds. The molecule has 7 heteroatoms.